The van der Waals surface area contributed by atoms with Crippen LogP contribution in [0.2, 0.25) is 0 Å². The van der Waals surface area contributed by atoms with E-state index in [1.54, 1.807) is 14.0 Å². The molecule has 6 nitrogen and oxygen atoms in total. The van der Waals surface area contributed by atoms with Crippen molar-refractivity contribution in [1.82, 2.24) is 4.98 Å². The van der Waals surface area contributed by atoms with Crippen molar-refractivity contribution in [3.05, 3.63) is 65.0 Å². The number of nitrogens with zero attached hydrogens (tertiary/aromatic N) is 1. The fourth-order valence-electron chi connectivity index (χ4n) is 3.82. The van der Waals surface area contributed by atoms with Crippen molar-refractivity contribution < 1.29 is 23.4 Å². The molecule has 0 amide bonds. The third-order valence-corrected chi connectivity index (χ3v) is 5.46. The maximum absolute atomic E-state index is 9.82. The first-order chi connectivity index (χ1) is 16.0. The minimum Gasteiger partial charge on any atom is -0.497 e. The van der Waals surface area contributed by atoms with Crippen LogP contribution < -0.4 is 9.47 Å². The van der Waals surface area contributed by atoms with Gasteiger partial charge in [-0.2, -0.15) is 0 Å². The van der Waals surface area contributed by atoms with Gasteiger partial charge in [0.2, 0.25) is 5.89 Å². The zero-order chi connectivity index (χ0) is 23.6. The minimum absolute atomic E-state index is 0.211. The van der Waals surface area contributed by atoms with Gasteiger partial charge in [-0.25, -0.2) is 4.98 Å². The van der Waals surface area contributed by atoms with Crippen LogP contribution in [0.3, 0.4) is 0 Å². The van der Waals surface area contributed by atoms with E-state index >= 15 is 0 Å². The van der Waals surface area contributed by atoms with E-state index in [-0.39, 0.29) is 5.97 Å². The first-order valence-electron chi connectivity index (χ1n) is 11.5. The average molecular weight is 452 g/mol. The molecule has 0 spiro atoms. The van der Waals surface area contributed by atoms with Crippen molar-refractivity contribution in [2.75, 3.05) is 20.3 Å². The van der Waals surface area contributed by atoms with Gasteiger partial charge in [0.05, 0.1) is 26.0 Å². The van der Waals surface area contributed by atoms with Crippen LogP contribution in [0.25, 0.3) is 11.5 Å². The molecule has 0 bridgehead atoms. The Morgan fingerprint density at radius 3 is 2.39 bits per heavy atom. The van der Waals surface area contributed by atoms with E-state index in [1.807, 2.05) is 24.3 Å². The molecule has 1 heterocycles. The largest absolute Gasteiger partial charge is 0.497 e. The molecule has 0 saturated heterocycles. The number of oxazole rings is 1. The van der Waals surface area contributed by atoms with E-state index in [1.165, 1.54) is 37.3 Å². The molecule has 0 N–H and O–H groups in total. The minimum atomic E-state index is -0.211. The molecule has 6 heteroatoms. The lowest BCUT2D eigenvalue weighted by atomic mass is 10.1. The Hall–Kier alpha value is -3.28. The quantitative estimate of drug-likeness (QED) is 0.416. The highest BCUT2D eigenvalue weighted by molar-refractivity contribution is 5.65. The van der Waals surface area contributed by atoms with E-state index in [0.717, 1.165) is 41.4 Å². The fraction of sp³-hybridized carbons (Fsp3) is 0.407. The lowest BCUT2D eigenvalue weighted by Gasteiger charge is -2.07. The number of carbonyl (C=O) groups excluding carboxylic acids is 1. The zero-order valence-electron chi connectivity index (χ0n) is 20.0. The Kier molecular flexibility index (Phi) is 8.93. The van der Waals surface area contributed by atoms with Gasteiger partial charge in [0.1, 0.15) is 17.3 Å². The Morgan fingerprint density at radius 2 is 1.76 bits per heavy atom. The molecule has 176 valence electrons. The highest BCUT2D eigenvalue weighted by Crippen LogP contribution is 2.27. The monoisotopic (exact) mass is 451 g/mol. The third kappa shape index (κ3) is 6.85. The van der Waals surface area contributed by atoms with Crippen LogP contribution in [0.15, 0.2) is 46.9 Å². The van der Waals surface area contributed by atoms with Gasteiger partial charge in [0.25, 0.3) is 0 Å². The number of hydrogen-bond acceptors (Lipinski definition) is 6. The highest BCUT2D eigenvalue weighted by Gasteiger charge is 2.15. The molecule has 3 aromatic rings. The Morgan fingerprint density at radius 1 is 1.03 bits per heavy atom. The molecule has 1 aliphatic rings. The molecular formula is C27H33NO5. The number of ether oxygens (including phenoxy) is 3. The number of esters is 1. The molecular weight excluding hydrogens is 418 g/mol. The summed E-state index contributed by atoms with van der Waals surface area (Å²) in [6.07, 6.45) is 5.17. The highest BCUT2D eigenvalue weighted by atomic mass is 16.5. The first-order valence-corrected chi connectivity index (χ1v) is 11.5. The predicted octanol–water partition coefficient (Wildman–Crippen LogP) is 5.59. The summed E-state index contributed by atoms with van der Waals surface area (Å²) in [5.74, 6) is 3.15. The van der Waals surface area contributed by atoms with Crippen molar-refractivity contribution in [3.63, 3.8) is 0 Å². The first kappa shape index (κ1) is 24.4. The molecule has 0 aliphatic heterocycles. The maximum Gasteiger partial charge on any atom is 0.302 e. The van der Waals surface area contributed by atoms with Crippen LogP contribution in [0, 0.1) is 0 Å². The lowest BCUT2D eigenvalue weighted by Crippen LogP contribution is -2.04. The SMILES string of the molecule is CCOC(C)=O.CCc1oc(-c2ccc(OC)cc2)nc1CCOc1ccc2c(c1)CCC2. The maximum atomic E-state index is 9.82. The van der Waals surface area contributed by atoms with Crippen LogP contribution >= 0.6 is 0 Å². The molecule has 0 saturated carbocycles. The van der Waals surface area contributed by atoms with E-state index in [4.69, 9.17) is 18.9 Å². The number of hydrogen-bond donors (Lipinski definition) is 0. The van der Waals surface area contributed by atoms with Gasteiger partial charge in [-0.05, 0) is 73.7 Å². The van der Waals surface area contributed by atoms with Crippen molar-refractivity contribution >= 4 is 5.97 Å². The van der Waals surface area contributed by atoms with Crippen LogP contribution in [0.1, 0.15) is 49.8 Å². The normalized spacial score (nSPS) is 11.9. The summed E-state index contributed by atoms with van der Waals surface area (Å²) in [4.78, 5) is 14.5. The average Bonchev–Trinajstić information content (AvgIpc) is 3.46. The Bertz CT molecular complexity index is 1040. The van der Waals surface area contributed by atoms with Gasteiger partial charge in [-0.1, -0.05) is 13.0 Å². The molecule has 1 aliphatic carbocycles. The number of aryl methyl sites for hydroxylation is 3. The smallest absolute Gasteiger partial charge is 0.302 e. The second kappa shape index (κ2) is 12.1. The summed E-state index contributed by atoms with van der Waals surface area (Å²) in [5, 5.41) is 0. The second-order valence-electron chi connectivity index (χ2n) is 7.78. The van der Waals surface area contributed by atoms with Crippen LogP contribution in [0.4, 0.5) is 0 Å². The summed E-state index contributed by atoms with van der Waals surface area (Å²) in [6.45, 7) is 6.34. The summed E-state index contributed by atoms with van der Waals surface area (Å²) >= 11 is 0. The van der Waals surface area contributed by atoms with Gasteiger partial charge in [0, 0.05) is 25.3 Å². The van der Waals surface area contributed by atoms with Gasteiger partial charge in [0.15, 0.2) is 0 Å². The number of benzene rings is 2. The zero-order valence-corrected chi connectivity index (χ0v) is 20.0. The second-order valence-corrected chi connectivity index (χ2v) is 7.78. The summed E-state index contributed by atoms with van der Waals surface area (Å²) < 4.78 is 21.6. The topological polar surface area (TPSA) is 70.8 Å². The molecule has 33 heavy (non-hydrogen) atoms. The summed E-state index contributed by atoms with van der Waals surface area (Å²) in [5.41, 5.74) is 4.84. The van der Waals surface area contributed by atoms with Crippen LogP contribution in [-0.2, 0) is 35.2 Å². The van der Waals surface area contributed by atoms with Crippen molar-refractivity contribution in [2.45, 2.75) is 52.9 Å². The van der Waals surface area contributed by atoms with Gasteiger partial charge < -0.3 is 18.6 Å². The third-order valence-electron chi connectivity index (χ3n) is 5.46. The standard InChI is InChI=1S/C23H25NO3.C4H8O2/c1-3-22-21(24-23(27-22)17-8-10-19(25-2)11-9-17)13-14-26-20-12-7-16-5-4-6-18(16)15-20;1-3-6-4(2)5/h7-12,15H,3-6,13-14H2,1-2H3;3H2,1-2H3. The Balaban J connectivity index is 0.000000454. The number of fused-ring (bicyclic) bond motifs is 1. The van der Waals surface area contributed by atoms with Crippen molar-refractivity contribution in [1.29, 1.82) is 0 Å². The van der Waals surface area contributed by atoms with Crippen molar-refractivity contribution in [3.8, 4) is 23.0 Å². The summed E-state index contributed by atoms with van der Waals surface area (Å²) in [7, 11) is 1.66. The molecule has 0 unspecified atom stereocenters. The van der Waals surface area contributed by atoms with E-state index < -0.39 is 0 Å². The molecule has 1 aromatic heterocycles. The number of rotatable bonds is 8. The Labute approximate surface area is 195 Å². The fourth-order valence-corrected chi connectivity index (χ4v) is 3.82. The number of aromatic nitrogens is 1. The molecule has 0 atom stereocenters. The summed E-state index contributed by atoms with van der Waals surface area (Å²) in [6, 6.07) is 14.2. The van der Waals surface area contributed by atoms with Gasteiger partial charge >= 0.3 is 5.97 Å². The molecule has 2 aromatic carbocycles. The van der Waals surface area contributed by atoms with Crippen molar-refractivity contribution in [2.24, 2.45) is 0 Å². The number of methoxy groups -OCH3 is 1. The lowest BCUT2D eigenvalue weighted by molar-refractivity contribution is -0.140. The van der Waals surface area contributed by atoms with Crippen LogP contribution in [0.5, 0.6) is 11.5 Å². The van der Waals surface area contributed by atoms with E-state index in [9.17, 15) is 4.79 Å². The molecule has 0 fully saturated rings. The van der Waals surface area contributed by atoms with E-state index in [2.05, 4.69) is 29.9 Å². The van der Waals surface area contributed by atoms with Gasteiger partial charge in [-0.15, -0.1) is 0 Å². The van der Waals surface area contributed by atoms with Crippen LogP contribution in [-0.4, -0.2) is 31.3 Å². The predicted molar refractivity (Wildman–Crippen MR) is 128 cm³/mol. The van der Waals surface area contributed by atoms with E-state index in [0.29, 0.717) is 19.1 Å². The number of carbonyl (C=O) groups is 1. The van der Waals surface area contributed by atoms with Gasteiger partial charge in [-0.3, -0.25) is 4.79 Å². The molecule has 0 radical (unpaired) electrons. The molecule has 4 rings (SSSR count).